The Hall–Kier alpha value is -3.05. The molecule has 8 heteroatoms. The minimum absolute atomic E-state index is 0.297. The molecule has 2 heterocycles. The molecule has 7 nitrogen and oxygen atoms in total. The lowest BCUT2D eigenvalue weighted by atomic mass is 10.1. The van der Waals surface area contributed by atoms with E-state index in [1.165, 1.54) is 0 Å². The maximum atomic E-state index is 12.6. The molecule has 0 spiro atoms. The Morgan fingerprint density at radius 1 is 1.30 bits per heavy atom. The van der Waals surface area contributed by atoms with Gasteiger partial charge in [0.1, 0.15) is 34.4 Å². The maximum absolute atomic E-state index is 12.6. The fraction of sp³-hybridized carbons (Fsp3) is 0.318. The topological polar surface area (TPSA) is 89.2 Å². The van der Waals surface area contributed by atoms with Crippen molar-refractivity contribution in [2.24, 2.45) is 0 Å². The normalized spacial score (nSPS) is 11.3. The highest BCUT2D eigenvalue weighted by Crippen LogP contribution is 2.37. The molecule has 2 aromatic heterocycles. The molecule has 0 aliphatic carbocycles. The Kier molecular flexibility index (Phi) is 5.77. The molecule has 30 heavy (non-hydrogen) atoms. The summed E-state index contributed by atoms with van der Waals surface area (Å²) in [6.07, 6.45) is 1.00. The lowest BCUT2D eigenvalue weighted by molar-refractivity contribution is 0.0635. The van der Waals surface area contributed by atoms with Gasteiger partial charge in [-0.15, -0.1) is 0 Å². The third kappa shape index (κ3) is 3.98. The largest absolute Gasteiger partial charge is 0.496 e. The molecule has 1 amide bonds. The van der Waals surface area contributed by atoms with Crippen LogP contribution in [0.15, 0.2) is 28.9 Å². The van der Waals surface area contributed by atoms with Crippen LogP contribution >= 0.6 is 15.9 Å². The van der Waals surface area contributed by atoms with Crippen LogP contribution in [0.1, 0.15) is 37.5 Å². The Balaban J connectivity index is 2.36. The number of halogens is 1. The van der Waals surface area contributed by atoms with Crippen LogP contribution in [-0.4, -0.2) is 28.4 Å². The van der Waals surface area contributed by atoms with E-state index >= 15 is 0 Å². The van der Waals surface area contributed by atoms with Gasteiger partial charge in [0.05, 0.1) is 12.8 Å². The molecule has 0 bridgehead atoms. The van der Waals surface area contributed by atoms with E-state index in [2.05, 4.69) is 32.3 Å². The monoisotopic (exact) mass is 470 g/mol. The number of hydrogen-bond acceptors (Lipinski definition) is 5. The van der Waals surface area contributed by atoms with E-state index in [0.29, 0.717) is 28.2 Å². The molecule has 0 unspecified atom stereocenters. The third-order valence-electron chi connectivity index (χ3n) is 4.53. The number of ether oxygens (including phenoxy) is 2. The van der Waals surface area contributed by atoms with E-state index in [0.717, 1.165) is 21.3 Å². The zero-order chi connectivity index (χ0) is 22.2. The second kappa shape index (κ2) is 8.00. The highest BCUT2D eigenvalue weighted by atomic mass is 79.9. The quantitative estimate of drug-likeness (QED) is 0.535. The lowest BCUT2D eigenvalue weighted by Crippen LogP contribution is -2.28. The van der Waals surface area contributed by atoms with Crippen molar-refractivity contribution in [2.75, 3.05) is 12.4 Å². The molecule has 0 aliphatic rings. The number of hydrogen-bond donors (Lipinski definition) is 1. The van der Waals surface area contributed by atoms with Gasteiger partial charge in [-0.1, -0.05) is 6.07 Å². The number of nitrogens with zero attached hydrogens (tertiary/aromatic N) is 3. The molecule has 1 N–H and O–H groups in total. The van der Waals surface area contributed by atoms with Crippen LogP contribution in [0.4, 0.5) is 10.6 Å². The van der Waals surface area contributed by atoms with Crippen LogP contribution < -0.4 is 10.1 Å². The number of amides is 1. The molecule has 0 fully saturated rings. The summed E-state index contributed by atoms with van der Waals surface area (Å²) in [7, 11) is 1.60. The van der Waals surface area contributed by atoms with Crippen molar-refractivity contribution in [1.29, 1.82) is 5.26 Å². The molecule has 1 aromatic carbocycles. The molecule has 0 atom stereocenters. The van der Waals surface area contributed by atoms with E-state index in [1.807, 2.05) is 32.0 Å². The summed E-state index contributed by atoms with van der Waals surface area (Å²) in [6.45, 7) is 9.22. The highest BCUT2D eigenvalue weighted by Gasteiger charge is 2.26. The zero-order valence-electron chi connectivity index (χ0n) is 17.8. The zero-order valence-corrected chi connectivity index (χ0v) is 19.3. The number of methoxy groups -OCH3 is 1. The SMILES string of the molecule is COc1ccc(C)c(-n2c(NC(=O)OC(C)(C)C)c(C#N)c3cc(Br)cnc32)c1C. The van der Waals surface area contributed by atoms with Gasteiger partial charge in [-0.25, -0.2) is 9.78 Å². The summed E-state index contributed by atoms with van der Waals surface area (Å²) in [5.41, 5.74) is 2.73. The van der Waals surface area contributed by atoms with Crippen LogP contribution in [0.25, 0.3) is 16.7 Å². The number of carbonyl (C=O) groups excluding carboxylic acids is 1. The number of anilines is 1. The molecule has 0 saturated heterocycles. The number of fused-ring (bicyclic) bond motifs is 1. The predicted molar refractivity (Wildman–Crippen MR) is 119 cm³/mol. The van der Waals surface area contributed by atoms with E-state index in [1.54, 1.807) is 38.6 Å². The minimum atomic E-state index is -0.684. The number of rotatable bonds is 3. The van der Waals surface area contributed by atoms with Crippen molar-refractivity contribution in [3.8, 4) is 17.5 Å². The summed E-state index contributed by atoms with van der Waals surface area (Å²) in [5.74, 6) is 0.989. The van der Waals surface area contributed by atoms with Gasteiger partial charge < -0.3 is 9.47 Å². The first-order valence-electron chi connectivity index (χ1n) is 9.32. The molecule has 3 rings (SSSR count). The van der Waals surface area contributed by atoms with Gasteiger partial charge in [0.2, 0.25) is 0 Å². The summed E-state index contributed by atoms with van der Waals surface area (Å²) < 4.78 is 13.4. The molecular weight excluding hydrogens is 448 g/mol. The standard InChI is InChI=1S/C22H23BrN4O3/c1-12-7-8-17(29-6)13(2)18(12)27-19-15(9-14(23)11-25-19)16(10-24)20(27)26-21(28)30-22(3,4)5/h7-9,11H,1-6H3,(H,26,28). The van der Waals surface area contributed by atoms with Crippen LogP contribution in [0.5, 0.6) is 5.75 Å². The van der Waals surface area contributed by atoms with E-state index in [4.69, 9.17) is 9.47 Å². The van der Waals surface area contributed by atoms with Gasteiger partial charge in [-0.3, -0.25) is 9.88 Å². The summed E-state index contributed by atoms with van der Waals surface area (Å²) in [4.78, 5) is 17.1. The fourth-order valence-electron chi connectivity index (χ4n) is 3.37. The van der Waals surface area contributed by atoms with Crippen molar-refractivity contribution in [3.63, 3.8) is 0 Å². The van der Waals surface area contributed by atoms with Crippen LogP contribution in [-0.2, 0) is 4.74 Å². The van der Waals surface area contributed by atoms with Crippen molar-refractivity contribution in [1.82, 2.24) is 9.55 Å². The summed E-state index contributed by atoms with van der Waals surface area (Å²) in [6, 6.07) is 7.83. The Bertz CT molecular complexity index is 1190. The first kappa shape index (κ1) is 21.7. The van der Waals surface area contributed by atoms with Gasteiger partial charge in [0.15, 0.2) is 0 Å². The Morgan fingerprint density at radius 2 is 2.00 bits per heavy atom. The minimum Gasteiger partial charge on any atom is -0.496 e. The van der Waals surface area contributed by atoms with Crippen molar-refractivity contribution < 1.29 is 14.3 Å². The molecule has 0 aliphatic heterocycles. The van der Waals surface area contributed by atoms with Gasteiger partial charge in [-0.2, -0.15) is 5.26 Å². The number of nitrogens with one attached hydrogen (secondary N) is 1. The van der Waals surface area contributed by atoms with Crippen LogP contribution in [0.2, 0.25) is 0 Å². The second-order valence-corrected chi connectivity index (χ2v) is 8.80. The Morgan fingerprint density at radius 3 is 2.60 bits per heavy atom. The maximum Gasteiger partial charge on any atom is 0.413 e. The number of benzene rings is 1. The second-order valence-electron chi connectivity index (χ2n) is 7.88. The molecule has 156 valence electrons. The Labute approximate surface area is 183 Å². The molecule has 0 radical (unpaired) electrons. The number of aryl methyl sites for hydroxylation is 1. The molecule has 0 saturated carbocycles. The van der Waals surface area contributed by atoms with Gasteiger partial charge >= 0.3 is 6.09 Å². The third-order valence-corrected chi connectivity index (χ3v) is 4.97. The predicted octanol–water partition coefficient (Wildman–Crippen LogP) is 5.63. The van der Waals surface area contributed by atoms with E-state index < -0.39 is 11.7 Å². The average molecular weight is 471 g/mol. The molecule has 3 aromatic rings. The first-order valence-corrected chi connectivity index (χ1v) is 10.1. The highest BCUT2D eigenvalue weighted by molar-refractivity contribution is 9.10. The lowest BCUT2D eigenvalue weighted by Gasteiger charge is -2.21. The van der Waals surface area contributed by atoms with Crippen molar-refractivity contribution in [2.45, 2.75) is 40.2 Å². The summed E-state index contributed by atoms with van der Waals surface area (Å²) in [5, 5.41) is 13.3. The van der Waals surface area contributed by atoms with Gasteiger partial charge in [-0.05, 0) is 68.2 Å². The number of carbonyl (C=O) groups is 1. The fourth-order valence-corrected chi connectivity index (χ4v) is 3.70. The number of nitriles is 1. The van der Waals surface area contributed by atoms with Crippen molar-refractivity contribution >= 4 is 38.9 Å². The number of pyridine rings is 1. The smallest absolute Gasteiger partial charge is 0.413 e. The van der Waals surface area contributed by atoms with Gasteiger partial charge in [0, 0.05) is 21.6 Å². The van der Waals surface area contributed by atoms with Crippen LogP contribution in [0.3, 0.4) is 0 Å². The van der Waals surface area contributed by atoms with E-state index in [9.17, 15) is 10.1 Å². The van der Waals surface area contributed by atoms with Gasteiger partial charge in [0.25, 0.3) is 0 Å². The first-order chi connectivity index (χ1) is 14.1. The molecular formula is C22H23BrN4O3. The van der Waals surface area contributed by atoms with E-state index in [-0.39, 0.29) is 0 Å². The number of aromatic nitrogens is 2. The summed E-state index contributed by atoms with van der Waals surface area (Å²) >= 11 is 3.42. The van der Waals surface area contributed by atoms with Crippen LogP contribution in [0, 0.1) is 25.2 Å². The average Bonchev–Trinajstić information content (AvgIpc) is 2.92. The van der Waals surface area contributed by atoms with Crippen molar-refractivity contribution in [3.05, 3.63) is 45.6 Å².